The number of benzene rings is 2. The van der Waals surface area contributed by atoms with Gasteiger partial charge in [0.25, 0.3) is 0 Å². The summed E-state index contributed by atoms with van der Waals surface area (Å²) in [5.41, 5.74) is 3.82. The molecule has 0 bridgehead atoms. The van der Waals surface area contributed by atoms with Gasteiger partial charge in [0.2, 0.25) is 0 Å². The first-order valence-corrected chi connectivity index (χ1v) is 12.1. The fourth-order valence-electron chi connectivity index (χ4n) is 4.14. The second-order valence-electron chi connectivity index (χ2n) is 8.72. The average Bonchev–Trinajstić information content (AvgIpc) is 3.23. The van der Waals surface area contributed by atoms with Crippen LogP contribution in [0.15, 0.2) is 60.7 Å². The fourth-order valence-corrected chi connectivity index (χ4v) is 4.14. The number of aliphatic hydroxyl groups is 1. The summed E-state index contributed by atoms with van der Waals surface area (Å²) < 4.78 is 5.72. The summed E-state index contributed by atoms with van der Waals surface area (Å²) in [5, 5.41) is 12.8. The number of aliphatic hydroxyl groups excluding tert-OH is 1. The Balaban J connectivity index is 1.14. The van der Waals surface area contributed by atoms with Crippen molar-refractivity contribution in [1.29, 1.82) is 0 Å². The normalized spacial score (nSPS) is 18.7. The Bertz CT molecular complexity index is 741. The van der Waals surface area contributed by atoms with Crippen molar-refractivity contribution in [3.8, 4) is 11.1 Å². The molecule has 1 saturated heterocycles. The highest BCUT2D eigenvalue weighted by Gasteiger charge is 2.21. The lowest BCUT2D eigenvalue weighted by atomic mass is 10.0. The first kappa shape index (κ1) is 23.7. The maximum Gasteiger partial charge on any atom is 0.0680 e. The van der Waals surface area contributed by atoms with Gasteiger partial charge in [0.15, 0.2) is 0 Å². The van der Waals surface area contributed by atoms with Gasteiger partial charge in [0.1, 0.15) is 0 Å². The first-order chi connectivity index (χ1) is 15.3. The number of nitrogens with one attached hydrogen (secondary N) is 1. The Morgan fingerprint density at radius 2 is 1.52 bits per heavy atom. The predicted molar refractivity (Wildman–Crippen MR) is 131 cm³/mol. The number of unbranched alkanes of at least 4 members (excludes halogenated alkanes) is 7. The van der Waals surface area contributed by atoms with E-state index < -0.39 is 0 Å². The molecule has 3 heteroatoms. The Kier molecular flexibility index (Phi) is 10.9. The molecule has 0 unspecified atom stereocenters. The van der Waals surface area contributed by atoms with E-state index in [2.05, 4.69) is 72.1 Å². The van der Waals surface area contributed by atoms with E-state index in [-0.39, 0.29) is 6.10 Å². The molecule has 3 rings (SSSR count). The maximum atomic E-state index is 9.47. The van der Waals surface area contributed by atoms with Crippen LogP contribution in [0, 0.1) is 0 Å². The summed E-state index contributed by atoms with van der Waals surface area (Å²) in [5.74, 6) is 0. The molecule has 2 aromatic carbocycles. The van der Waals surface area contributed by atoms with Gasteiger partial charge in [0, 0.05) is 19.2 Å². The lowest BCUT2D eigenvalue weighted by Gasteiger charge is -2.10. The summed E-state index contributed by atoms with van der Waals surface area (Å²) in [6, 6.07) is 19.7. The molecule has 1 aliphatic rings. The van der Waals surface area contributed by atoms with Gasteiger partial charge in [-0.1, -0.05) is 98.9 Å². The number of β-amino-alcohol motifs (C(OH)–C–C–N with tert-alkyl or cyclic N) is 1. The highest BCUT2D eigenvalue weighted by molar-refractivity contribution is 5.65. The fraction of sp³-hybridized carbons (Fsp3) is 0.500. The standard InChI is InChI=1S/C28H39NO2/c30-28-21-27(29-22-28)23-31-20-12-7-5-3-1-2-4-6-9-13-24-16-18-26(19-17-24)25-14-10-8-11-15-25/h8-11,13-19,27-30H,1-7,12,20-23H2/b13-9+/t27-,28+/m0/s1. The molecule has 0 spiro atoms. The summed E-state index contributed by atoms with van der Waals surface area (Å²) in [4.78, 5) is 0. The van der Waals surface area contributed by atoms with Crippen molar-refractivity contribution in [3.63, 3.8) is 0 Å². The van der Waals surface area contributed by atoms with Crippen molar-refractivity contribution in [2.75, 3.05) is 19.8 Å². The topological polar surface area (TPSA) is 41.5 Å². The molecule has 0 aromatic heterocycles. The zero-order valence-electron chi connectivity index (χ0n) is 18.8. The highest BCUT2D eigenvalue weighted by Crippen LogP contribution is 2.20. The van der Waals surface area contributed by atoms with Crippen LogP contribution in [0.1, 0.15) is 63.4 Å². The zero-order valence-corrected chi connectivity index (χ0v) is 18.8. The third-order valence-corrected chi connectivity index (χ3v) is 6.01. The van der Waals surface area contributed by atoms with Crippen molar-refractivity contribution in [3.05, 3.63) is 66.2 Å². The van der Waals surface area contributed by atoms with Crippen LogP contribution >= 0.6 is 0 Å². The maximum absolute atomic E-state index is 9.47. The van der Waals surface area contributed by atoms with Crippen LogP contribution in [0.4, 0.5) is 0 Å². The van der Waals surface area contributed by atoms with Gasteiger partial charge in [-0.3, -0.25) is 0 Å². The lowest BCUT2D eigenvalue weighted by molar-refractivity contribution is 0.107. The molecule has 168 valence electrons. The zero-order chi connectivity index (χ0) is 21.6. The van der Waals surface area contributed by atoms with Gasteiger partial charge in [-0.2, -0.15) is 0 Å². The highest BCUT2D eigenvalue weighted by atomic mass is 16.5. The van der Waals surface area contributed by atoms with E-state index in [1.165, 1.54) is 55.2 Å². The molecule has 2 N–H and O–H groups in total. The van der Waals surface area contributed by atoms with Crippen LogP contribution < -0.4 is 5.32 Å². The Hall–Kier alpha value is -1.94. The molecule has 2 atom stereocenters. The van der Waals surface area contributed by atoms with Gasteiger partial charge in [-0.05, 0) is 42.4 Å². The number of allylic oxidation sites excluding steroid dienone is 1. The summed E-state index contributed by atoms with van der Waals surface area (Å²) in [7, 11) is 0. The molecular weight excluding hydrogens is 382 g/mol. The number of rotatable bonds is 14. The molecular formula is C28H39NO2. The summed E-state index contributed by atoms with van der Waals surface area (Å²) in [6.45, 7) is 2.30. The van der Waals surface area contributed by atoms with Crippen molar-refractivity contribution < 1.29 is 9.84 Å². The molecule has 2 aromatic rings. The van der Waals surface area contributed by atoms with Crippen molar-refractivity contribution in [1.82, 2.24) is 5.32 Å². The third-order valence-electron chi connectivity index (χ3n) is 6.01. The van der Waals surface area contributed by atoms with Gasteiger partial charge in [0.05, 0.1) is 12.7 Å². The summed E-state index contributed by atoms with van der Waals surface area (Å²) in [6.07, 6.45) is 15.4. The van der Waals surface area contributed by atoms with Crippen LogP contribution in [0.25, 0.3) is 17.2 Å². The van der Waals surface area contributed by atoms with Crippen molar-refractivity contribution in [2.45, 2.75) is 69.9 Å². The Labute approximate surface area is 188 Å². The number of hydrogen-bond donors (Lipinski definition) is 2. The van der Waals surface area contributed by atoms with E-state index in [0.29, 0.717) is 12.6 Å². The molecule has 31 heavy (non-hydrogen) atoms. The van der Waals surface area contributed by atoms with Gasteiger partial charge < -0.3 is 15.2 Å². The van der Waals surface area contributed by atoms with E-state index in [4.69, 9.17) is 4.74 Å². The predicted octanol–water partition coefficient (Wildman–Crippen LogP) is 6.23. The molecule has 1 aliphatic heterocycles. The average molecular weight is 422 g/mol. The smallest absolute Gasteiger partial charge is 0.0680 e. The molecule has 0 radical (unpaired) electrons. The molecule has 0 saturated carbocycles. The van der Waals surface area contributed by atoms with Crippen molar-refractivity contribution in [2.24, 2.45) is 0 Å². The largest absolute Gasteiger partial charge is 0.392 e. The molecule has 0 amide bonds. The van der Waals surface area contributed by atoms with Crippen LogP contribution in [-0.4, -0.2) is 37.0 Å². The SMILES string of the molecule is O[C@H]1CN[C@H](COCCCCCCCCC/C=C/c2ccc(-c3ccccc3)cc2)C1. The monoisotopic (exact) mass is 421 g/mol. The van der Waals surface area contributed by atoms with Crippen LogP contribution in [0.5, 0.6) is 0 Å². The second kappa shape index (κ2) is 14.2. The second-order valence-corrected chi connectivity index (χ2v) is 8.72. The molecule has 1 fully saturated rings. The quantitative estimate of drug-likeness (QED) is 0.355. The van der Waals surface area contributed by atoms with E-state index >= 15 is 0 Å². The van der Waals surface area contributed by atoms with Crippen LogP contribution in [0.2, 0.25) is 0 Å². The minimum Gasteiger partial charge on any atom is -0.392 e. The Morgan fingerprint density at radius 1 is 0.839 bits per heavy atom. The molecule has 0 aliphatic carbocycles. The van der Waals surface area contributed by atoms with Crippen LogP contribution in [0.3, 0.4) is 0 Å². The van der Waals surface area contributed by atoms with E-state index in [0.717, 1.165) is 32.5 Å². The van der Waals surface area contributed by atoms with E-state index in [9.17, 15) is 5.11 Å². The van der Waals surface area contributed by atoms with Gasteiger partial charge >= 0.3 is 0 Å². The third kappa shape index (κ3) is 9.39. The van der Waals surface area contributed by atoms with E-state index in [1.807, 2.05) is 0 Å². The van der Waals surface area contributed by atoms with E-state index in [1.54, 1.807) is 0 Å². The lowest BCUT2D eigenvalue weighted by Crippen LogP contribution is -2.26. The number of hydrogen-bond acceptors (Lipinski definition) is 3. The van der Waals surface area contributed by atoms with Gasteiger partial charge in [-0.15, -0.1) is 0 Å². The first-order valence-electron chi connectivity index (χ1n) is 12.1. The minimum atomic E-state index is -0.185. The minimum absolute atomic E-state index is 0.185. The summed E-state index contributed by atoms with van der Waals surface area (Å²) >= 11 is 0. The molecule has 3 nitrogen and oxygen atoms in total. The van der Waals surface area contributed by atoms with Crippen LogP contribution in [-0.2, 0) is 4.74 Å². The molecule has 1 heterocycles. The van der Waals surface area contributed by atoms with Gasteiger partial charge in [-0.25, -0.2) is 0 Å². The number of ether oxygens (including phenoxy) is 1. The van der Waals surface area contributed by atoms with Crippen molar-refractivity contribution >= 4 is 6.08 Å². The Morgan fingerprint density at radius 3 is 2.23 bits per heavy atom.